The molecule has 0 spiro atoms. The molecule has 676 valence electrons. The second-order valence-corrected chi connectivity index (χ2v) is 30.8. The lowest BCUT2D eigenvalue weighted by atomic mass is 9.89. The van der Waals surface area contributed by atoms with Gasteiger partial charge < -0.3 is 61.9 Å². The van der Waals surface area contributed by atoms with Crippen LogP contribution in [0.1, 0.15) is 147 Å². The van der Waals surface area contributed by atoms with Crippen molar-refractivity contribution in [1.82, 2.24) is 0 Å². The molecule has 4 aliphatic rings. The quantitative estimate of drug-likeness (QED) is 0.0348. The lowest BCUT2D eigenvalue weighted by molar-refractivity contribution is -0.272. The highest BCUT2D eigenvalue weighted by atomic mass is 16.6. The fourth-order valence-corrected chi connectivity index (χ4v) is 15.6. The average molecular weight is 1750 g/mol. The topological polar surface area (TPSA) is 142 Å². The SMILES string of the molecule is C=C1O[C@H](COCc2ccccc2)[C@@H](OCc2ccccc2)[C@H](OCc2ccccc2)[C@H]1OCc1ccccc1.CC.CC.CC.CC.O=C1C[C@@H](c2ccc(C[C@@H]3O[C@H](COCc4ccccc4)[C@@H](OCc4ccccc4)[C@H](OCc4ccccc4)[C@H]3OCc3ccccc3)cc2)N1c1ccccc1.O=C1C[C@@H](c2ccc(OCc3ccccc3)cc2)N1c1ccccc1. The molecule has 0 unspecified atom stereocenters. The Kier molecular flexibility index (Phi) is 41.6. The third kappa shape index (κ3) is 29.7. The fraction of sp³-hybridized carbons (Fsp3) is 0.287. The summed E-state index contributed by atoms with van der Waals surface area (Å²) in [6.45, 7) is 24.7. The molecule has 0 N–H and O–H groups in total. The normalized spacial score (nSPS) is 19.3. The van der Waals surface area contributed by atoms with E-state index in [1.165, 1.54) is 0 Å². The van der Waals surface area contributed by atoms with Crippen molar-refractivity contribution in [2.45, 2.75) is 201 Å². The Morgan fingerprint density at radius 2 is 0.546 bits per heavy atom. The van der Waals surface area contributed by atoms with Crippen molar-refractivity contribution in [2.24, 2.45) is 0 Å². The number of nitrogens with zero attached hydrogens (tertiary/aromatic N) is 2. The molecule has 17 rings (SSSR count). The highest BCUT2D eigenvalue weighted by Gasteiger charge is 2.50. The molecule has 0 radical (unpaired) electrons. The van der Waals surface area contributed by atoms with Crippen LogP contribution in [-0.2, 0) is 123 Å². The van der Waals surface area contributed by atoms with E-state index in [1.54, 1.807) is 0 Å². The zero-order chi connectivity index (χ0) is 91.1. The van der Waals surface area contributed by atoms with Crippen molar-refractivity contribution in [3.05, 3.63) is 461 Å². The third-order valence-electron chi connectivity index (χ3n) is 22.1. The van der Waals surface area contributed by atoms with Gasteiger partial charge >= 0.3 is 0 Å². The monoisotopic (exact) mass is 1740 g/mol. The number of hydrogen-bond acceptors (Lipinski definition) is 13. The Morgan fingerprint density at radius 1 is 0.277 bits per heavy atom. The largest absolute Gasteiger partial charge is 0.489 e. The fourth-order valence-electron chi connectivity index (χ4n) is 15.6. The van der Waals surface area contributed by atoms with Gasteiger partial charge in [0, 0.05) is 17.8 Å². The van der Waals surface area contributed by atoms with E-state index in [1.807, 2.05) is 375 Å². The third-order valence-corrected chi connectivity index (χ3v) is 22.1. The van der Waals surface area contributed by atoms with E-state index in [0.717, 1.165) is 83.9 Å². The molecule has 0 aliphatic carbocycles. The van der Waals surface area contributed by atoms with E-state index in [0.29, 0.717) is 97.7 Å². The predicted octanol–water partition coefficient (Wildman–Crippen LogP) is 25.2. The number of amides is 2. The van der Waals surface area contributed by atoms with Gasteiger partial charge in [-0.15, -0.1) is 0 Å². The van der Waals surface area contributed by atoms with Gasteiger partial charge in [-0.2, -0.15) is 0 Å². The van der Waals surface area contributed by atoms with Crippen LogP contribution in [0.3, 0.4) is 0 Å². The minimum Gasteiger partial charge on any atom is -0.489 e. The first kappa shape index (κ1) is 98.4. The summed E-state index contributed by atoms with van der Waals surface area (Å²) in [7, 11) is 0. The summed E-state index contributed by atoms with van der Waals surface area (Å²) < 4.78 is 72.1. The van der Waals surface area contributed by atoms with Gasteiger partial charge in [-0.05, 0) is 103 Å². The van der Waals surface area contributed by atoms with Gasteiger partial charge in [0.1, 0.15) is 60.8 Å². The van der Waals surface area contributed by atoms with Crippen LogP contribution in [0.4, 0.5) is 11.4 Å². The molecule has 2 amide bonds. The van der Waals surface area contributed by atoms with Crippen LogP contribution in [0.5, 0.6) is 5.75 Å². The van der Waals surface area contributed by atoms with Gasteiger partial charge in [-0.1, -0.05) is 408 Å². The minimum atomic E-state index is -0.518. The van der Waals surface area contributed by atoms with Crippen LogP contribution in [0.15, 0.2) is 395 Å². The Bertz CT molecular complexity index is 5240. The van der Waals surface area contributed by atoms with Gasteiger partial charge in [0.15, 0.2) is 6.10 Å². The van der Waals surface area contributed by atoms with Gasteiger partial charge in [0.05, 0.1) is 97.1 Å². The van der Waals surface area contributed by atoms with Crippen molar-refractivity contribution in [3.63, 3.8) is 0 Å². The molecule has 4 heterocycles. The average Bonchev–Trinajstić information content (AvgIpc) is 0.779. The Balaban J connectivity index is 0.000000194. The molecule has 13 aromatic rings. The summed E-state index contributed by atoms with van der Waals surface area (Å²) in [6, 6.07) is 128. The van der Waals surface area contributed by atoms with Gasteiger partial charge in [0.2, 0.25) is 11.8 Å². The maximum Gasteiger partial charge on any atom is 0.230 e. The number of carbonyl (C=O) groups is 2. The molecule has 4 aliphatic heterocycles. The van der Waals surface area contributed by atoms with Crippen LogP contribution in [0, 0.1) is 0 Å². The lowest BCUT2D eigenvalue weighted by Crippen LogP contribution is -2.61. The Morgan fingerprint density at radius 3 is 0.885 bits per heavy atom. The summed E-state index contributed by atoms with van der Waals surface area (Å²) in [6.07, 6.45) is -2.50. The highest BCUT2D eigenvalue weighted by molar-refractivity contribution is 6.01. The number of rotatable bonds is 35. The smallest absolute Gasteiger partial charge is 0.230 e. The molecule has 0 bridgehead atoms. The van der Waals surface area contributed by atoms with Crippen LogP contribution < -0.4 is 14.5 Å². The van der Waals surface area contributed by atoms with Crippen molar-refractivity contribution in [2.75, 3.05) is 23.0 Å². The standard InChI is InChI=1S/C50H49NO6.C35H36O5.C22H19NO2.4C2H6/c52-47-31-44(51(47)43-24-14-5-15-25-43)42-28-26-37(27-29-42)30-45-48(54-33-39-18-8-2-9-19-39)50(56-35-41-22-12-4-13-23-41)49(55-34-40-20-10-3-11-21-40)46(57-45)36-53-32-38-16-6-1-7-17-38;1-27-33(37-23-29-16-8-3-9-17-29)35(39-25-31-20-12-5-13-21-31)34(38-24-30-18-10-4-11-19-30)32(40-27)26-36-22-28-14-6-2-7-15-28;24-22-15-21(23(22)19-9-5-2-6-10-19)18-11-13-20(14-12-18)25-16-17-7-3-1-4-8-17;4*1-2/h1-29,44-46,48-50H,30-36H2;2-21,32-35H,1,22-26H2;1-14,21H,15-16H2;4*1-2H3/t44-,45-,46+,48-,49+,50+;32-,33+,34-,35-;21-;;;;/m010..../s1. The van der Waals surface area contributed by atoms with E-state index in [4.69, 9.17) is 52.1 Å². The van der Waals surface area contributed by atoms with Gasteiger partial charge in [-0.3, -0.25) is 9.59 Å². The second-order valence-electron chi connectivity index (χ2n) is 30.8. The number of benzene rings is 13. The second kappa shape index (κ2) is 55.0. The first-order valence-corrected chi connectivity index (χ1v) is 46.0. The maximum atomic E-state index is 12.7. The number of hydrogen-bond donors (Lipinski definition) is 0. The van der Waals surface area contributed by atoms with Crippen molar-refractivity contribution in [1.29, 1.82) is 0 Å². The number of β-lactam (4-membered cyclic amide) rings is 2. The molecule has 130 heavy (non-hydrogen) atoms. The van der Waals surface area contributed by atoms with Gasteiger partial charge in [0.25, 0.3) is 0 Å². The van der Waals surface area contributed by atoms with E-state index < -0.39 is 48.8 Å². The molecule has 13 aromatic carbocycles. The molecule has 4 saturated heterocycles. The van der Waals surface area contributed by atoms with Crippen LogP contribution in [0.25, 0.3) is 0 Å². The molecular formula is C115H128N2O13. The number of carbonyl (C=O) groups excluding carboxylic acids is 2. The Labute approximate surface area is 771 Å². The lowest BCUT2D eigenvalue weighted by Gasteiger charge is -2.46. The molecule has 11 atom stereocenters. The number of para-hydroxylation sites is 2. The molecule has 4 fully saturated rings. The van der Waals surface area contributed by atoms with Crippen molar-refractivity contribution < 1.29 is 61.7 Å². The van der Waals surface area contributed by atoms with Crippen molar-refractivity contribution in [3.8, 4) is 5.75 Å². The number of anilines is 2. The summed E-state index contributed by atoms with van der Waals surface area (Å²) in [5.41, 5.74) is 14.9. The molecule has 15 heteroatoms. The first-order chi connectivity index (χ1) is 64.2. The van der Waals surface area contributed by atoms with Gasteiger partial charge in [-0.25, -0.2) is 0 Å². The predicted molar refractivity (Wildman–Crippen MR) is 520 cm³/mol. The van der Waals surface area contributed by atoms with E-state index in [-0.39, 0.29) is 30.0 Å². The minimum absolute atomic E-state index is 0.00580. The summed E-state index contributed by atoms with van der Waals surface area (Å²) in [5, 5.41) is 0. The summed E-state index contributed by atoms with van der Waals surface area (Å²) in [5.74, 6) is 1.65. The van der Waals surface area contributed by atoms with E-state index in [9.17, 15) is 9.59 Å². The zero-order valence-electron chi connectivity index (χ0n) is 76.5. The van der Waals surface area contributed by atoms with Crippen LogP contribution in [-0.4, -0.2) is 80.0 Å². The molecule has 0 saturated carbocycles. The summed E-state index contributed by atoms with van der Waals surface area (Å²) in [4.78, 5) is 28.5. The van der Waals surface area contributed by atoms with Crippen LogP contribution in [0.2, 0.25) is 0 Å². The first-order valence-electron chi connectivity index (χ1n) is 46.0. The van der Waals surface area contributed by atoms with Crippen molar-refractivity contribution >= 4 is 23.2 Å². The van der Waals surface area contributed by atoms with Crippen LogP contribution >= 0.6 is 0 Å². The molecular weight excluding hydrogens is 1620 g/mol. The zero-order valence-corrected chi connectivity index (χ0v) is 76.5. The molecule has 0 aromatic heterocycles. The van der Waals surface area contributed by atoms with E-state index >= 15 is 0 Å². The summed E-state index contributed by atoms with van der Waals surface area (Å²) >= 11 is 0. The van der Waals surface area contributed by atoms with E-state index in [2.05, 4.69) is 79.4 Å². The molecule has 15 nitrogen and oxygen atoms in total. The maximum absolute atomic E-state index is 12.7. The highest BCUT2D eigenvalue weighted by Crippen LogP contribution is 2.42. The Hall–Kier alpha value is -12.2. The number of ether oxygens (including phenoxy) is 11.